The number of benzene rings is 1. The maximum atomic E-state index is 5.55. The van der Waals surface area contributed by atoms with Crippen molar-refractivity contribution in [1.82, 2.24) is 4.90 Å². The third-order valence-electron chi connectivity index (χ3n) is 4.77. The predicted octanol–water partition coefficient (Wildman–Crippen LogP) is 3.21. The van der Waals surface area contributed by atoms with Crippen molar-refractivity contribution < 1.29 is 4.74 Å². The molecular formula is C15H20INO. The van der Waals surface area contributed by atoms with E-state index in [0.29, 0.717) is 5.41 Å². The Bertz CT molecular complexity index is 464. The number of fused-ring (bicyclic) bond motifs is 2. The molecule has 2 nitrogen and oxygen atoms in total. The van der Waals surface area contributed by atoms with Gasteiger partial charge in [-0.05, 0) is 97.1 Å². The fourth-order valence-corrected chi connectivity index (χ4v) is 4.73. The van der Waals surface area contributed by atoms with Gasteiger partial charge in [-0.2, -0.15) is 0 Å². The molecule has 0 radical (unpaired) electrons. The van der Waals surface area contributed by atoms with Crippen molar-refractivity contribution in [2.24, 2.45) is 0 Å². The minimum atomic E-state index is 0.437. The van der Waals surface area contributed by atoms with Crippen molar-refractivity contribution in [3.05, 3.63) is 26.8 Å². The van der Waals surface area contributed by atoms with Crippen molar-refractivity contribution in [3.8, 4) is 5.75 Å². The first-order valence-electron chi connectivity index (χ1n) is 6.71. The van der Waals surface area contributed by atoms with Crippen LogP contribution in [0, 0.1) is 3.57 Å². The lowest BCUT2D eigenvalue weighted by Crippen LogP contribution is -2.39. The molecule has 1 aliphatic heterocycles. The molecule has 1 aliphatic carbocycles. The Kier molecular flexibility index (Phi) is 3.30. The van der Waals surface area contributed by atoms with E-state index in [1.165, 1.54) is 47.9 Å². The third kappa shape index (κ3) is 1.86. The Morgan fingerprint density at radius 3 is 2.61 bits per heavy atom. The summed E-state index contributed by atoms with van der Waals surface area (Å²) in [5.41, 5.74) is 3.52. The number of nitrogens with zero attached hydrogens (tertiary/aromatic N) is 1. The second-order valence-electron chi connectivity index (χ2n) is 5.69. The molecule has 98 valence electrons. The molecule has 2 aliphatic rings. The number of hydrogen-bond acceptors (Lipinski definition) is 2. The summed E-state index contributed by atoms with van der Waals surface area (Å²) in [5, 5.41) is 0. The van der Waals surface area contributed by atoms with Crippen LogP contribution in [-0.2, 0) is 11.8 Å². The van der Waals surface area contributed by atoms with E-state index < -0.39 is 0 Å². The van der Waals surface area contributed by atoms with Crippen molar-refractivity contribution >= 4 is 22.6 Å². The molecule has 0 N–H and O–H groups in total. The summed E-state index contributed by atoms with van der Waals surface area (Å²) in [6, 6.07) is 4.36. The van der Waals surface area contributed by atoms with Gasteiger partial charge in [-0.3, -0.25) is 0 Å². The smallest absolute Gasteiger partial charge is 0.122 e. The molecule has 1 saturated heterocycles. The summed E-state index contributed by atoms with van der Waals surface area (Å²) in [7, 11) is 4.03. The van der Waals surface area contributed by atoms with Crippen molar-refractivity contribution in [2.75, 3.05) is 27.2 Å². The number of hydrogen-bond donors (Lipinski definition) is 0. The Balaban J connectivity index is 2.05. The summed E-state index contributed by atoms with van der Waals surface area (Å²) in [5.74, 6) is 1.10. The summed E-state index contributed by atoms with van der Waals surface area (Å²) in [6.07, 6.45) is 5.12. The first-order chi connectivity index (χ1) is 8.66. The zero-order chi connectivity index (χ0) is 12.8. The lowest BCUT2D eigenvalue weighted by Gasteiger charge is -2.39. The number of piperidine rings is 1. The maximum absolute atomic E-state index is 5.55. The zero-order valence-corrected chi connectivity index (χ0v) is 13.3. The van der Waals surface area contributed by atoms with Crippen LogP contribution < -0.4 is 4.74 Å². The van der Waals surface area contributed by atoms with E-state index in [0.717, 1.165) is 5.75 Å². The SMILES string of the molecule is COc1ccc(I)c2c1CCC21CCN(C)CC1. The highest BCUT2D eigenvalue weighted by atomic mass is 127. The first-order valence-corrected chi connectivity index (χ1v) is 7.78. The van der Waals surface area contributed by atoms with Crippen molar-refractivity contribution in [1.29, 1.82) is 0 Å². The van der Waals surface area contributed by atoms with Crippen LogP contribution in [0.4, 0.5) is 0 Å². The van der Waals surface area contributed by atoms with Crippen LogP contribution in [0.3, 0.4) is 0 Å². The first kappa shape index (κ1) is 12.7. The van der Waals surface area contributed by atoms with Crippen LogP contribution in [0.1, 0.15) is 30.4 Å². The molecular weight excluding hydrogens is 337 g/mol. The van der Waals surface area contributed by atoms with E-state index in [9.17, 15) is 0 Å². The lowest BCUT2D eigenvalue weighted by atomic mass is 9.74. The molecule has 0 atom stereocenters. The van der Waals surface area contributed by atoms with E-state index in [4.69, 9.17) is 4.74 Å². The number of likely N-dealkylation sites (tertiary alicyclic amines) is 1. The molecule has 1 heterocycles. The summed E-state index contributed by atoms with van der Waals surface area (Å²) in [4.78, 5) is 2.45. The van der Waals surface area contributed by atoms with E-state index in [2.05, 4.69) is 46.7 Å². The number of methoxy groups -OCH3 is 1. The van der Waals surface area contributed by atoms with Gasteiger partial charge in [-0.1, -0.05) is 0 Å². The molecule has 0 aromatic heterocycles. The third-order valence-corrected chi connectivity index (χ3v) is 5.67. The van der Waals surface area contributed by atoms with E-state index in [1.807, 2.05) is 0 Å². The van der Waals surface area contributed by atoms with Crippen LogP contribution in [0.2, 0.25) is 0 Å². The monoisotopic (exact) mass is 357 g/mol. The van der Waals surface area contributed by atoms with Crippen LogP contribution in [0.15, 0.2) is 12.1 Å². The van der Waals surface area contributed by atoms with Gasteiger partial charge in [0.2, 0.25) is 0 Å². The van der Waals surface area contributed by atoms with E-state index in [-0.39, 0.29) is 0 Å². The molecule has 1 aromatic carbocycles. The second kappa shape index (κ2) is 4.67. The summed E-state index contributed by atoms with van der Waals surface area (Å²) < 4.78 is 6.99. The van der Waals surface area contributed by atoms with Gasteiger partial charge in [-0.25, -0.2) is 0 Å². The van der Waals surface area contributed by atoms with Gasteiger partial charge in [0.25, 0.3) is 0 Å². The second-order valence-corrected chi connectivity index (χ2v) is 6.85. The van der Waals surface area contributed by atoms with Gasteiger partial charge < -0.3 is 9.64 Å². The number of halogens is 1. The Labute approximate surface area is 123 Å². The van der Waals surface area contributed by atoms with Crippen LogP contribution >= 0.6 is 22.6 Å². The average Bonchev–Trinajstić information content (AvgIpc) is 2.75. The lowest BCUT2D eigenvalue weighted by molar-refractivity contribution is 0.186. The zero-order valence-electron chi connectivity index (χ0n) is 11.1. The maximum Gasteiger partial charge on any atom is 0.122 e. The Hall–Kier alpha value is -0.290. The molecule has 3 heteroatoms. The van der Waals surface area contributed by atoms with Crippen molar-refractivity contribution in [3.63, 3.8) is 0 Å². The molecule has 0 bridgehead atoms. The van der Waals surface area contributed by atoms with Crippen LogP contribution in [-0.4, -0.2) is 32.1 Å². The van der Waals surface area contributed by atoms with Gasteiger partial charge >= 0.3 is 0 Å². The molecule has 0 saturated carbocycles. The van der Waals surface area contributed by atoms with Crippen LogP contribution in [0.25, 0.3) is 0 Å². The Morgan fingerprint density at radius 1 is 1.22 bits per heavy atom. The van der Waals surface area contributed by atoms with Gasteiger partial charge in [0.1, 0.15) is 5.75 Å². The highest BCUT2D eigenvalue weighted by molar-refractivity contribution is 14.1. The molecule has 3 rings (SSSR count). The normalized spacial score (nSPS) is 22.2. The minimum Gasteiger partial charge on any atom is -0.496 e. The standard InChI is InChI=1S/C15H20INO/c1-17-9-7-15(8-10-17)6-5-11-13(18-2)4-3-12(16)14(11)15/h3-4H,5-10H2,1-2H3. The van der Waals surface area contributed by atoms with Crippen molar-refractivity contribution in [2.45, 2.75) is 31.1 Å². The summed E-state index contributed by atoms with van der Waals surface area (Å²) >= 11 is 2.51. The molecule has 1 spiro atoms. The minimum absolute atomic E-state index is 0.437. The molecule has 0 amide bonds. The fourth-order valence-electron chi connectivity index (χ4n) is 3.65. The van der Waals surface area contributed by atoms with Gasteiger partial charge in [0.15, 0.2) is 0 Å². The molecule has 0 unspecified atom stereocenters. The van der Waals surface area contributed by atoms with Gasteiger partial charge in [0, 0.05) is 3.57 Å². The van der Waals surface area contributed by atoms with Gasteiger partial charge in [-0.15, -0.1) is 0 Å². The highest BCUT2D eigenvalue weighted by Gasteiger charge is 2.42. The molecule has 1 aromatic rings. The fraction of sp³-hybridized carbons (Fsp3) is 0.600. The summed E-state index contributed by atoms with van der Waals surface area (Å²) in [6.45, 7) is 2.46. The Morgan fingerprint density at radius 2 is 1.94 bits per heavy atom. The van der Waals surface area contributed by atoms with E-state index >= 15 is 0 Å². The molecule has 1 fully saturated rings. The van der Waals surface area contributed by atoms with Gasteiger partial charge in [0.05, 0.1) is 7.11 Å². The predicted molar refractivity (Wildman–Crippen MR) is 82.4 cm³/mol. The largest absolute Gasteiger partial charge is 0.496 e. The number of rotatable bonds is 1. The quantitative estimate of drug-likeness (QED) is 0.716. The number of ether oxygens (including phenoxy) is 1. The topological polar surface area (TPSA) is 12.5 Å². The molecule has 18 heavy (non-hydrogen) atoms. The van der Waals surface area contributed by atoms with E-state index in [1.54, 1.807) is 12.7 Å². The highest BCUT2D eigenvalue weighted by Crippen LogP contribution is 2.50. The average molecular weight is 357 g/mol. The van der Waals surface area contributed by atoms with Crippen LogP contribution in [0.5, 0.6) is 5.75 Å².